The first-order chi connectivity index (χ1) is 17.2. The number of fused-ring (bicyclic) bond motifs is 3. The molecule has 0 radical (unpaired) electrons. The van der Waals surface area contributed by atoms with Crippen molar-refractivity contribution in [2.45, 2.75) is 57.8 Å². The molecule has 1 aliphatic carbocycles. The second-order valence-electron chi connectivity index (χ2n) is 10.1. The number of rotatable bonds is 9. The minimum Gasteiger partial charge on any atom is -0.497 e. The van der Waals surface area contributed by atoms with E-state index in [9.17, 15) is 4.79 Å². The predicted molar refractivity (Wildman–Crippen MR) is 147 cm³/mol. The average molecular weight is 512 g/mol. The zero-order valence-corrected chi connectivity index (χ0v) is 22.1. The van der Waals surface area contributed by atoms with E-state index in [1.54, 1.807) is 7.11 Å². The maximum absolute atomic E-state index is 12.4. The fourth-order valence-corrected chi connectivity index (χ4v) is 5.69. The fourth-order valence-electron chi connectivity index (χ4n) is 5.69. The number of hydrogen-bond donors (Lipinski definition) is 0. The number of unbranched alkanes of at least 4 members (excludes halogenated alkanes) is 1. The van der Waals surface area contributed by atoms with Gasteiger partial charge in [0.1, 0.15) is 17.1 Å². The SMILES string of the molecule is COc1cccc(CC2CCN(CCCCOc3ccc4c5c(c(=O)oc4c3)CCCC5)CC2)c1.Cl. The van der Waals surface area contributed by atoms with Gasteiger partial charge in [0, 0.05) is 17.0 Å². The molecule has 1 aliphatic heterocycles. The molecule has 5 rings (SSSR count). The highest BCUT2D eigenvalue weighted by molar-refractivity contribution is 5.85. The first-order valence-corrected chi connectivity index (χ1v) is 13.3. The summed E-state index contributed by atoms with van der Waals surface area (Å²) in [7, 11) is 1.73. The Morgan fingerprint density at radius 1 is 0.972 bits per heavy atom. The minimum absolute atomic E-state index is 0. The summed E-state index contributed by atoms with van der Waals surface area (Å²) >= 11 is 0. The van der Waals surface area contributed by atoms with Crippen LogP contribution < -0.4 is 15.1 Å². The molecule has 0 amide bonds. The topological polar surface area (TPSA) is 51.9 Å². The molecule has 0 saturated carbocycles. The van der Waals surface area contributed by atoms with Crippen molar-refractivity contribution in [2.24, 2.45) is 5.92 Å². The van der Waals surface area contributed by atoms with E-state index in [2.05, 4.69) is 29.2 Å². The summed E-state index contributed by atoms with van der Waals surface area (Å²) in [5, 5.41) is 1.07. The zero-order chi connectivity index (χ0) is 24.0. The highest BCUT2D eigenvalue weighted by Crippen LogP contribution is 2.29. The number of nitrogens with zero attached hydrogens (tertiary/aromatic N) is 1. The molecule has 0 bridgehead atoms. The van der Waals surface area contributed by atoms with Crippen molar-refractivity contribution in [3.05, 3.63) is 69.6 Å². The summed E-state index contributed by atoms with van der Waals surface area (Å²) in [5.41, 5.74) is 3.93. The van der Waals surface area contributed by atoms with Crippen LogP contribution in [0.15, 0.2) is 51.7 Å². The summed E-state index contributed by atoms with van der Waals surface area (Å²) < 4.78 is 17.0. The second-order valence-corrected chi connectivity index (χ2v) is 10.1. The first kappa shape index (κ1) is 26.6. The standard InChI is InChI=1S/C30H37NO4.ClH/c1-33-24-8-6-7-23(20-24)19-22-13-16-31(17-14-22)15-4-5-18-34-25-11-12-27-26-9-2-3-10-28(26)30(32)35-29(27)21-25;/h6-8,11-12,20-22H,2-5,9-10,13-19H2,1H3;1H. The molecular formula is C30H38ClNO4. The Morgan fingerprint density at radius 2 is 1.78 bits per heavy atom. The van der Waals surface area contributed by atoms with Crippen molar-refractivity contribution in [1.29, 1.82) is 0 Å². The predicted octanol–water partition coefficient (Wildman–Crippen LogP) is 6.22. The van der Waals surface area contributed by atoms with Gasteiger partial charge in [-0.2, -0.15) is 0 Å². The molecule has 0 spiro atoms. The van der Waals surface area contributed by atoms with E-state index >= 15 is 0 Å². The first-order valence-electron chi connectivity index (χ1n) is 13.3. The van der Waals surface area contributed by atoms with Gasteiger partial charge in [0.2, 0.25) is 0 Å². The maximum Gasteiger partial charge on any atom is 0.339 e. The Hall–Kier alpha value is -2.50. The van der Waals surface area contributed by atoms with Crippen LogP contribution >= 0.6 is 12.4 Å². The van der Waals surface area contributed by atoms with Crippen molar-refractivity contribution in [2.75, 3.05) is 33.4 Å². The van der Waals surface area contributed by atoms with Crippen molar-refractivity contribution < 1.29 is 13.9 Å². The summed E-state index contributed by atoms with van der Waals surface area (Å²) in [6, 6.07) is 14.5. The highest BCUT2D eigenvalue weighted by atomic mass is 35.5. The van der Waals surface area contributed by atoms with Gasteiger partial charge in [0.15, 0.2) is 0 Å². The van der Waals surface area contributed by atoms with Gasteiger partial charge in [0.05, 0.1) is 13.7 Å². The molecule has 1 saturated heterocycles. The molecule has 0 atom stereocenters. The summed E-state index contributed by atoms with van der Waals surface area (Å²) in [6.07, 6.45) is 9.86. The van der Waals surface area contributed by atoms with Gasteiger partial charge in [-0.15, -0.1) is 12.4 Å². The summed E-state index contributed by atoms with van der Waals surface area (Å²) in [6.45, 7) is 4.19. The number of ether oxygens (including phenoxy) is 2. The fraction of sp³-hybridized carbons (Fsp3) is 0.500. The number of likely N-dealkylation sites (tertiary alicyclic amines) is 1. The molecule has 194 valence electrons. The number of benzene rings is 2. The van der Waals surface area contributed by atoms with Crippen molar-refractivity contribution in [3.63, 3.8) is 0 Å². The van der Waals surface area contributed by atoms with Crippen LogP contribution in [0.25, 0.3) is 11.0 Å². The normalized spacial score (nSPS) is 16.4. The van der Waals surface area contributed by atoms with E-state index in [1.165, 1.54) is 37.1 Å². The van der Waals surface area contributed by atoms with Crippen molar-refractivity contribution in [3.8, 4) is 11.5 Å². The van der Waals surface area contributed by atoms with Gasteiger partial charge in [0.25, 0.3) is 0 Å². The lowest BCUT2D eigenvalue weighted by Gasteiger charge is -2.32. The van der Waals surface area contributed by atoms with Crippen molar-refractivity contribution in [1.82, 2.24) is 4.90 Å². The van der Waals surface area contributed by atoms with E-state index in [-0.39, 0.29) is 18.0 Å². The van der Waals surface area contributed by atoms with Gasteiger partial charge >= 0.3 is 5.63 Å². The quantitative estimate of drug-likeness (QED) is 0.252. The number of methoxy groups -OCH3 is 1. The monoisotopic (exact) mass is 511 g/mol. The third-order valence-corrected chi connectivity index (χ3v) is 7.70. The number of halogens is 1. The number of piperidine rings is 1. The van der Waals surface area contributed by atoms with E-state index in [0.29, 0.717) is 12.2 Å². The molecule has 5 nitrogen and oxygen atoms in total. The molecular weight excluding hydrogens is 474 g/mol. The van der Waals surface area contributed by atoms with Crippen LogP contribution in [0.1, 0.15) is 55.2 Å². The Balaban J connectivity index is 0.00000304. The molecule has 36 heavy (non-hydrogen) atoms. The lowest BCUT2D eigenvalue weighted by atomic mass is 9.90. The third-order valence-electron chi connectivity index (χ3n) is 7.70. The van der Waals surface area contributed by atoms with E-state index < -0.39 is 0 Å². The average Bonchev–Trinajstić information content (AvgIpc) is 2.89. The smallest absolute Gasteiger partial charge is 0.339 e. The molecule has 1 fully saturated rings. The van der Waals surface area contributed by atoms with Crippen LogP contribution in [-0.2, 0) is 19.3 Å². The van der Waals surface area contributed by atoms with Gasteiger partial charge in [-0.1, -0.05) is 12.1 Å². The molecule has 2 aromatic carbocycles. The Bertz CT molecular complexity index is 1200. The lowest BCUT2D eigenvalue weighted by Crippen LogP contribution is -2.35. The van der Waals surface area contributed by atoms with Gasteiger partial charge in [-0.05, 0) is 119 Å². The minimum atomic E-state index is -0.170. The van der Waals surface area contributed by atoms with E-state index in [0.717, 1.165) is 79.9 Å². The number of hydrogen-bond acceptors (Lipinski definition) is 5. The molecule has 0 N–H and O–H groups in total. The van der Waals surface area contributed by atoms with Crippen LogP contribution in [0.4, 0.5) is 0 Å². The second kappa shape index (κ2) is 12.6. The zero-order valence-electron chi connectivity index (χ0n) is 21.3. The third kappa shape index (κ3) is 6.43. The van der Waals surface area contributed by atoms with Crippen LogP contribution in [0.5, 0.6) is 11.5 Å². The Kier molecular flexibility index (Phi) is 9.33. The highest BCUT2D eigenvalue weighted by Gasteiger charge is 2.20. The van der Waals surface area contributed by atoms with Crippen LogP contribution in [0.2, 0.25) is 0 Å². The summed E-state index contributed by atoms with van der Waals surface area (Å²) in [5.74, 6) is 2.50. The van der Waals surface area contributed by atoms with Crippen LogP contribution in [0, 0.1) is 5.92 Å². The van der Waals surface area contributed by atoms with Crippen LogP contribution in [0.3, 0.4) is 0 Å². The van der Waals surface area contributed by atoms with Gasteiger partial charge < -0.3 is 18.8 Å². The largest absolute Gasteiger partial charge is 0.497 e. The van der Waals surface area contributed by atoms with Crippen molar-refractivity contribution >= 4 is 23.4 Å². The molecule has 2 heterocycles. The molecule has 3 aromatic rings. The van der Waals surface area contributed by atoms with E-state index in [4.69, 9.17) is 13.9 Å². The van der Waals surface area contributed by atoms with Gasteiger partial charge in [-0.3, -0.25) is 0 Å². The maximum atomic E-state index is 12.4. The molecule has 0 unspecified atom stereocenters. The van der Waals surface area contributed by atoms with Crippen LogP contribution in [-0.4, -0.2) is 38.3 Å². The molecule has 2 aliphatic rings. The Labute approximate surface area is 220 Å². The molecule has 1 aromatic heterocycles. The van der Waals surface area contributed by atoms with E-state index in [1.807, 2.05) is 18.2 Å². The van der Waals surface area contributed by atoms with Gasteiger partial charge in [-0.25, -0.2) is 4.79 Å². The summed E-state index contributed by atoms with van der Waals surface area (Å²) in [4.78, 5) is 15.0. The molecule has 6 heteroatoms. The lowest BCUT2D eigenvalue weighted by molar-refractivity contribution is 0.177. The Morgan fingerprint density at radius 3 is 2.58 bits per heavy atom. The number of aryl methyl sites for hydroxylation is 1.